The minimum atomic E-state index is 0.820. The number of H-pyrrole nitrogens is 1. The summed E-state index contributed by atoms with van der Waals surface area (Å²) in [4.78, 5) is 19.0. The summed E-state index contributed by atoms with van der Waals surface area (Å²) in [7, 11) is 0. The topological polar surface area (TPSA) is 57.7 Å². The van der Waals surface area contributed by atoms with Crippen LogP contribution in [0.2, 0.25) is 0 Å². The molecule has 0 aromatic carbocycles. The van der Waals surface area contributed by atoms with Crippen molar-refractivity contribution in [3.63, 3.8) is 0 Å². The molecule has 1 N–H and O–H groups in total. The van der Waals surface area contributed by atoms with Crippen molar-refractivity contribution in [1.82, 2.24) is 19.9 Å². The van der Waals surface area contributed by atoms with Crippen molar-refractivity contribution in [3.8, 4) is 11.3 Å². The average molecular weight is 297 g/mol. The first-order valence-electron chi connectivity index (χ1n) is 6.99. The van der Waals surface area contributed by atoms with Gasteiger partial charge in [-0.2, -0.15) is 11.8 Å². The fraction of sp³-hybridized carbons (Fsp3) is 0.267. The smallest absolute Gasteiger partial charge is 0.156 e. The quantitative estimate of drug-likeness (QED) is 0.788. The van der Waals surface area contributed by atoms with Gasteiger partial charge in [0.1, 0.15) is 11.3 Å². The molecule has 0 aliphatic carbocycles. The summed E-state index contributed by atoms with van der Waals surface area (Å²) in [5.41, 5.74) is 3.66. The van der Waals surface area contributed by atoms with E-state index in [4.69, 9.17) is 0 Å². The fourth-order valence-corrected chi connectivity index (χ4v) is 3.42. The van der Waals surface area contributed by atoms with Crippen molar-refractivity contribution in [2.75, 3.05) is 29.5 Å². The van der Waals surface area contributed by atoms with E-state index in [2.05, 4.69) is 30.9 Å². The number of pyridine rings is 1. The van der Waals surface area contributed by atoms with Crippen molar-refractivity contribution >= 4 is 28.7 Å². The zero-order valence-electron chi connectivity index (χ0n) is 11.5. The van der Waals surface area contributed by atoms with Gasteiger partial charge in [-0.05, 0) is 18.2 Å². The minimum absolute atomic E-state index is 0.820. The van der Waals surface area contributed by atoms with E-state index in [0.717, 1.165) is 41.3 Å². The minimum Gasteiger partial charge on any atom is -0.355 e. The number of aromatic amines is 1. The third-order valence-electron chi connectivity index (χ3n) is 3.64. The van der Waals surface area contributed by atoms with E-state index >= 15 is 0 Å². The van der Waals surface area contributed by atoms with E-state index in [0.29, 0.717) is 0 Å². The number of anilines is 1. The van der Waals surface area contributed by atoms with E-state index in [9.17, 15) is 0 Å². The Labute approximate surface area is 126 Å². The van der Waals surface area contributed by atoms with Crippen LogP contribution >= 0.6 is 11.8 Å². The van der Waals surface area contributed by atoms with Gasteiger partial charge in [0.25, 0.3) is 0 Å². The van der Waals surface area contributed by atoms with Crippen LogP contribution in [-0.4, -0.2) is 44.5 Å². The molecule has 1 aliphatic rings. The lowest BCUT2D eigenvalue weighted by Gasteiger charge is -2.27. The molecule has 106 valence electrons. The van der Waals surface area contributed by atoms with Gasteiger partial charge < -0.3 is 9.88 Å². The van der Waals surface area contributed by atoms with Crippen LogP contribution in [0, 0.1) is 0 Å². The normalized spacial score (nSPS) is 15.5. The van der Waals surface area contributed by atoms with Crippen molar-refractivity contribution in [3.05, 3.63) is 36.8 Å². The van der Waals surface area contributed by atoms with E-state index in [1.165, 1.54) is 11.5 Å². The molecule has 1 aliphatic heterocycles. The molecule has 4 heterocycles. The van der Waals surface area contributed by atoms with Crippen LogP contribution in [0.3, 0.4) is 0 Å². The molecule has 3 aromatic heterocycles. The molecule has 1 fully saturated rings. The van der Waals surface area contributed by atoms with Gasteiger partial charge in [-0.3, -0.25) is 0 Å². The predicted molar refractivity (Wildman–Crippen MR) is 86.7 cm³/mol. The number of hydrogen-bond donors (Lipinski definition) is 1. The van der Waals surface area contributed by atoms with Crippen LogP contribution in [0.25, 0.3) is 22.4 Å². The molecule has 6 heteroatoms. The first kappa shape index (κ1) is 12.6. The molecule has 0 amide bonds. The predicted octanol–water partition coefficient (Wildman–Crippen LogP) is 2.57. The summed E-state index contributed by atoms with van der Waals surface area (Å²) in [5, 5.41) is 0. The van der Waals surface area contributed by atoms with Crippen LogP contribution < -0.4 is 4.90 Å². The Balaban J connectivity index is 1.70. The molecule has 0 atom stereocenters. The van der Waals surface area contributed by atoms with Crippen LogP contribution in [0.4, 0.5) is 5.82 Å². The second-order valence-corrected chi connectivity index (χ2v) is 6.19. The molecule has 5 nitrogen and oxygen atoms in total. The number of thioether (sulfide) groups is 1. The Morgan fingerprint density at radius 1 is 1.14 bits per heavy atom. The summed E-state index contributed by atoms with van der Waals surface area (Å²) >= 11 is 2.00. The Hall–Kier alpha value is -2.08. The highest BCUT2D eigenvalue weighted by atomic mass is 32.2. The summed E-state index contributed by atoms with van der Waals surface area (Å²) in [5.74, 6) is 3.37. The molecule has 0 bridgehead atoms. The highest BCUT2D eigenvalue weighted by Gasteiger charge is 2.13. The molecule has 1 saturated heterocycles. The van der Waals surface area contributed by atoms with Crippen molar-refractivity contribution in [1.29, 1.82) is 0 Å². The summed E-state index contributed by atoms with van der Waals surface area (Å²) < 4.78 is 0. The Bertz CT molecular complexity index is 763. The standard InChI is InChI=1S/C15H15N5S/c1-3-16-14(20-5-7-21-8-6-20)9-11(1)13-10-18-15-12(19-13)2-4-17-15/h1-4,9-10H,5-8H2,(H,17,18). The lowest BCUT2D eigenvalue weighted by molar-refractivity contribution is 0.839. The Morgan fingerprint density at radius 3 is 2.95 bits per heavy atom. The van der Waals surface area contributed by atoms with Gasteiger partial charge in [0.05, 0.1) is 11.9 Å². The first-order chi connectivity index (χ1) is 10.4. The van der Waals surface area contributed by atoms with Gasteiger partial charge in [0.15, 0.2) is 5.65 Å². The monoisotopic (exact) mass is 297 g/mol. The highest BCUT2D eigenvalue weighted by Crippen LogP contribution is 2.24. The Kier molecular flexibility index (Phi) is 3.23. The summed E-state index contributed by atoms with van der Waals surface area (Å²) in [6, 6.07) is 6.04. The van der Waals surface area contributed by atoms with Gasteiger partial charge in [0, 0.05) is 42.6 Å². The molecule has 0 unspecified atom stereocenters. The SMILES string of the molecule is c1cc(-c2cnc3[nH]ccc3n2)cc(N2CCSCC2)n1. The largest absolute Gasteiger partial charge is 0.355 e. The number of fused-ring (bicyclic) bond motifs is 1. The molecular weight excluding hydrogens is 282 g/mol. The van der Waals surface area contributed by atoms with E-state index < -0.39 is 0 Å². The van der Waals surface area contributed by atoms with Crippen molar-refractivity contribution < 1.29 is 0 Å². The van der Waals surface area contributed by atoms with Crippen LogP contribution in [-0.2, 0) is 0 Å². The zero-order valence-corrected chi connectivity index (χ0v) is 12.3. The molecule has 21 heavy (non-hydrogen) atoms. The number of aromatic nitrogens is 4. The van der Waals surface area contributed by atoms with Crippen LogP contribution in [0.15, 0.2) is 36.8 Å². The maximum atomic E-state index is 4.65. The zero-order chi connectivity index (χ0) is 14.1. The molecule has 3 aromatic rings. The second-order valence-electron chi connectivity index (χ2n) is 4.97. The van der Waals surface area contributed by atoms with Crippen molar-refractivity contribution in [2.24, 2.45) is 0 Å². The molecule has 4 rings (SSSR count). The number of nitrogens with zero attached hydrogens (tertiary/aromatic N) is 4. The van der Waals surface area contributed by atoms with Gasteiger partial charge in [0.2, 0.25) is 0 Å². The molecule has 0 radical (unpaired) electrons. The summed E-state index contributed by atoms with van der Waals surface area (Å²) in [6.45, 7) is 2.12. The van der Waals surface area contributed by atoms with Crippen LogP contribution in [0.5, 0.6) is 0 Å². The average Bonchev–Trinajstić information content (AvgIpc) is 3.03. The number of rotatable bonds is 2. The van der Waals surface area contributed by atoms with E-state index in [1.807, 2.05) is 42.5 Å². The third kappa shape index (κ3) is 2.47. The first-order valence-corrected chi connectivity index (χ1v) is 8.15. The van der Waals surface area contributed by atoms with E-state index in [1.54, 1.807) is 0 Å². The maximum absolute atomic E-state index is 4.65. The van der Waals surface area contributed by atoms with E-state index in [-0.39, 0.29) is 0 Å². The molecule has 0 spiro atoms. The Morgan fingerprint density at radius 2 is 2.05 bits per heavy atom. The van der Waals surface area contributed by atoms with Gasteiger partial charge >= 0.3 is 0 Å². The van der Waals surface area contributed by atoms with Gasteiger partial charge in [-0.15, -0.1) is 0 Å². The number of hydrogen-bond acceptors (Lipinski definition) is 5. The molecular formula is C15H15N5S. The van der Waals surface area contributed by atoms with Gasteiger partial charge in [-0.25, -0.2) is 15.0 Å². The lowest BCUT2D eigenvalue weighted by Crippen LogP contribution is -2.33. The second kappa shape index (κ2) is 5.37. The maximum Gasteiger partial charge on any atom is 0.156 e. The highest BCUT2D eigenvalue weighted by molar-refractivity contribution is 7.99. The fourth-order valence-electron chi connectivity index (χ4n) is 2.51. The lowest BCUT2D eigenvalue weighted by atomic mass is 10.2. The summed E-state index contributed by atoms with van der Waals surface area (Å²) in [6.07, 6.45) is 5.53. The van der Waals surface area contributed by atoms with Crippen molar-refractivity contribution in [2.45, 2.75) is 0 Å². The van der Waals surface area contributed by atoms with Crippen LogP contribution in [0.1, 0.15) is 0 Å². The third-order valence-corrected chi connectivity index (χ3v) is 4.58. The van der Waals surface area contributed by atoms with Gasteiger partial charge in [-0.1, -0.05) is 0 Å². The molecule has 0 saturated carbocycles. The number of nitrogens with one attached hydrogen (secondary N) is 1.